The minimum atomic E-state index is -0.493. The Balaban J connectivity index is 1.75. The average Bonchev–Trinajstić information content (AvgIpc) is 3.17. The second kappa shape index (κ2) is 7.50. The number of thiazole rings is 1. The lowest BCUT2D eigenvalue weighted by molar-refractivity contribution is 0.563. The molecule has 2 heterocycles. The number of rotatable bonds is 3. The Bertz CT molecular complexity index is 1320. The highest BCUT2D eigenvalue weighted by molar-refractivity contribution is 9.10. The van der Waals surface area contributed by atoms with E-state index in [0.717, 1.165) is 9.86 Å². The predicted octanol–water partition coefficient (Wildman–Crippen LogP) is 5.88. The van der Waals surface area contributed by atoms with Crippen molar-refractivity contribution in [1.29, 1.82) is 5.26 Å². The van der Waals surface area contributed by atoms with Gasteiger partial charge in [0.15, 0.2) is 0 Å². The largest absolute Gasteiger partial charge is 0.422 e. The number of nitrogens with zero attached hydrogens (tertiary/aromatic N) is 2. The van der Waals surface area contributed by atoms with Gasteiger partial charge in [-0.15, -0.1) is 11.3 Å². The first-order chi connectivity index (χ1) is 13.5. The van der Waals surface area contributed by atoms with Crippen LogP contribution < -0.4 is 5.63 Å². The molecule has 0 atom stereocenters. The molecule has 4 rings (SSSR count). The molecule has 7 heteroatoms. The number of allylic oxidation sites excluding steroid dienone is 1. The minimum absolute atomic E-state index is 0.326. The highest BCUT2D eigenvalue weighted by Gasteiger charge is 2.14. The van der Waals surface area contributed by atoms with Crippen LogP contribution in [0.25, 0.3) is 33.9 Å². The van der Waals surface area contributed by atoms with Gasteiger partial charge < -0.3 is 4.42 Å². The van der Waals surface area contributed by atoms with E-state index in [1.54, 1.807) is 41.8 Å². The smallest absolute Gasteiger partial charge is 0.345 e. The maximum atomic E-state index is 13.1. The Labute approximate surface area is 171 Å². The van der Waals surface area contributed by atoms with Crippen LogP contribution in [0.15, 0.2) is 67.6 Å². The zero-order valence-electron chi connectivity index (χ0n) is 14.1. The van der Waals surface area contributed by atoms with Gasteiger partial charge in [0, 0.05) is 15.2 Å². The summed E-state index contributed by atoms with van der Waals surface area (Å²) in [7, 11) is 0. The monoisotopic (exact) mass is 452 g/mol. The van der Waals surface area contributed by atoms with E-state index in [2.05, 4.69) is 27.0 Å². The summed E-state index contributed by atoms with van der Waals surface area (Å²) in [5.74, 6) is -0.346. The Morgan fingerprint density at radius 1 is 1.21 bits per heavy atom. The van der Waals surface area contributed by atoms with Gasteiger partial charge in [0.25, 0.3) is 0 Å². The topological polar surface area (TPSA) is 66.9 Å². The quantitative estimate of drug-likeness (QED) is 0.287. The third-order valence-electron chi connectivity index (χ3n) is 4.01. The number of aromatic nitrogens is 1. The fraction of sp³-hybridized carbons (Fsp3) is 0. The van der Waals surface area contributed by atoms with E-state index in [1.165, 1.54) is 23.5 Å². The molecule has 0 saturated carbocycles. The van der Waals surface area contributed by atoms with Crippen LogP contribution in [-0.2, 0) is 0 Å². The molecule has 0 aliphatic heterocycles. The summed E-state index contributed by atoms with van der Waals surface area (Å²) in [4.78, 5) is 16.8. The predicted molar refractivity (Wildman–Crippen MR) is 111 cm³/mol. The van der Waals surface area contributed by atoms with Gasteiger partial charge in [0.1, 0.15) is 22.5 Å². The van der Waals surface area contributed by atoms with E-state index in [4.69, 9.17) is 4.42 Å². The zero-order valence-corrected chi connectivity index (χ0v) is 16.6. The molecule has 0 amide bonds. The second-order valence-electron chi connectivity index (χ2n) is 5.89. The molecule has 0 spiro atoms. The average molecular weight is 453 g/mol. The molecule has 0 aliphatic carbocycles. The summed E-state index contributed by atoms with van der Waals surface area (Å²) in [6, 6.07) is 15.0. The van der Waals surface area contributed by atoms with E-state index < -0.39 is 5.63 Å². The van der Waals surface area contributed by atoms with E-state index in [9.17, 15) is 14.4 Å². The lowest BCUT2D eigenvalue weighted by Crippen LogP contribution is -2.02. The minimum Gasteiger partial charge on any atom is -0.422 e. The van der Waals surface area contributed by atoms with Crippen molar-refractivity contribution in [3.63, 3.8) is 0 Å². The second-order valence-corrected chi connectivity index (χ2v) is 7.66. The van der Waals surface area contributed by atoms with Crippen molar-refractivity contribution in [3.8, 4) is 17.3 Å². The summed E-state index contributed by atoms with van der Waals surface area (Å²) < 4.78 is 19.3. The van der Waals surface area contributed by atoms with Crippen LogP contribution >= 0.6 is 27.3 Å². The summed E-state index contributed by atoms with van der Waals surface area (Å²) in [6.07, 6.45) is 1.63. The van der Waals surface area contributed by atoms with Crippen molar-refractivity contribution in [2.75, 3.05) is 0 Å². The van der Waals surface area contributed by atoms with Crippen LogP contribution in [0.5, 0.6) is 0 Å². The maximum absolute atomic E-state index is 13.1. The maximum Gasteiger partial charge on any atom is 0.345 e. The fourth-order valence-corrected chi connectivity index (χ4v) is 3.83. The number of hydrogen-bond acceptors (Lipinski definition) is 5. The Morgan fingerprint density at radius 3 is 2.75 bits per heavy atom. The Kier molecular flexibility index (Phi) is 4.90. The fourth-order valence-electron chi connectivity index (χ4n) is 2.66. The molecule has 0 radical (unpaired) electrons. The first-order valence-corrected chi connectivity index (χ1v) is 9.78. The van der Waals surface area contributed by atoms with Crippen molar-refractivity contribution in [3.05, 3.63) is 85.2 Å². The molecule has 0 unspecified atom stereocenters. The molecular weight excluding hydrogens is 443 g/mol. The van der Waals surface area contributed by atoms with Gasteiger partial charge in [-0.1, -0.05) is 28.1 Å². The molecule has 136 valence electrons. The standard InChI is InChI=1S/C21H10BrFN2O2S/c22-15-3-6-19-13(8-15)9-17(21(26)27-19)18-11-28-20(25-18)14(10-24)7-12-1-4-16(23)5-2-12/h1-9,11H/b14-7+. The first kappa shape index (κ1) is 18.3. The highest BCUT2D eigenvalue weighted by Crippen LogP contribution is 2.28. The summed E-state index contributed by atoms with van der Waals surface area (Å²) in [5.41, 5.74) is 1.78. The van der Waals surface area contributed by atoms with E-state index in [1.807, 2.05) is 6.07 Å². The van der Waals surface area contributed by atoms with Gasteiger partial charge in [-0.3, -0.25) is 0 Å². The van der Waals surface area contributed by atoms with E-state index in [-0.39, 0.29) is 5.82 Å². The van der Waals surface area contributed by atoms with Gasteiger partial charge in [0.05, 0.1) is 16.8 Å². The van der Waals surface area contributed by atoms with E-state index in [0.29, 0.717) is 33.0 Å². The molecule has 0 N–H and O–H groups in total. The molecule has 4 nitrogen and oxygen atoms in total. The van der Waals surface area contributed by atoms with Crippen LogP contribution in [0.1, 0.15) is 10.6 Å². The van der Waals surface area contributed by atoms with Crippen molar-refractivity contribution in [1.82, 2.24) is 4.98 Å². The molecule has 2 aromatic heterocycles. The van der Waals surface area contributed by atoms with Gasteiger partial charge in [-0.25, -0.2) is 14.2 Å². The molecule has 0 fully saturated rings. The molecular formula is C21H10BrFN2O2S. The molecule has 2 aromatic carbocycles. The molecule has 0 saturated heterocycles. The van der Waals surface area contributed by atoms with Crippen LogP contribution in [0.4, 0.5) is 4.39 Å². The zero-order chi connectivity index (χ0) is 19.7. The molecule has 0 bridgehead atoms. The lowest BCUT2D eigenvalue weighted by atomic mass is 10.1. The summed E-state index contributed by atoms with van der Waals surface area (Å²) >= 11 is 4.65. The van der Waals surface area contributed by atoms with Gasteiger partial charge in [0.2, 0.25) is 0 Å². The Hall–Kier alpha value is -3.08. The number of halogens is 2. The summed E-state index contributed by atoms with van der Waals surface area (Å²) in [6.45, 7) is 0. The first-order valence-electron chi connectivity index (χ1n) is 8.10. The van der Waals surface area contributed by atoms with Crippen LogP contribution in [0, 0.1) is 17.1 Å². The van der Waals surface area contributed by atoms with Crippen molar-refractivity contribution in [2.24, 2.45) is 0 Å². The van der Waals surface area contributed by atoms with Crippen LogP contribution in [0.2, 0.25) is 0 Å². The molecule has 28 heavy (non-hydrogen) atoms. The third kappa shape index (κ3) is 3.65. The summed E-state index contributed by atoms with van der Waals surface area (Å²) in [5, 5.41) is 12.4. The number of benzene rings is 2. The molecule has 0 aliphatic rings. The number of nitriles is 1. The van der Waals surface area contributed by atoms with Gasteiger partial charge in [-0.05, 0) is 48.0 Å². The van der Waals surface area contributed by atoms with Gasteiger partial charge >= 0.3 is 5.63 Å². The lowest BCUT2D eigenvalue weighted by Gasteiger charge is -2.00. The normalized spacial score (nSPS) is 11.5. The SMILES string of the molecule is N#C/C(=C\c1ccc(F)cc1)c1nc(-c2cc3cc(Br)ccc3oc2=O)cs1. The van der Waals surface area contributed by atoms with Crippen molar-refractivity contribution >= 4 is 49.9 Å². The van der Waals surface area contributed by atoms with E-state index >= 15 is 0 Å². The number of hydrogen-bond donors (Lipinski definition) is 0. The Morgan fingerprint density at radius 2 is 2.00 bits per heavy atom. The molecule has 4 aromatic rings. The third-order valence-corrected chi connectivity index (χ3v) is 5.38. The van der Waals surface area contributed by atoms with Crippen molar-refractivity contribution < 1.29 is 8.81 Å². The highest BCUT2D eigenvalue weighted by atomic mass is 79.9. The van der Waals surface area contributed by atoms with Crippen molar-refractivity contribution in [2.45, 2.75) is 0 Å². The number of fused-ring (bicyclic) bond motifs is 1. The van der Waals surface area contributed by atoms with Crippen LogP contribution in [0.3, 0.4) is 0 Å². The van der Waals surface area contributed by atoms with Gasteiger partial charge in [-0.2, -0.15) is 5.26 Å². The van der Waals surface area contributed by atoms with Crippen LogP contribution in [-0.4, -0.2) is 4.98 Å².